The first-order chi connectivity index (χ1) is 8.84. The molecular formula is C15H25N3O. The molecule has 1 aromatic heterocycles. The van der Waals surface area contributed by atoms with Crippen LogP contribution in [0.1, 0.15) is 52.3 Å². The van der Waals surface area contributed by atoms with Gasteiger partial charge in [-0.1, -0.05) is 19.9 Å². The van der Waals surface area contributed by atoms with E-state index >= 15 is 0 Å². The van der Waals surface area contributed by atoms with Crippen molar-refractivity contribution in [3.8, 4) is 5.75 Å². The van der Waals surface area contributed by atoms with Gasteiger partial charge in [-0.05, 0) is 37.7 Å². The Morgan fingerprint density at radius 3 is 2.68 bits per heavy atom. The third kappa shape index (κ3) is 2.84. The van der Waals surface area contributed by atoms with Gasteiger partial charge in [0.2, 0.25) is 0 Å². The lowest BCUT2D eigenvalue weighted by molar-refractivity contribution is 0.316. The van der Waals surface area contributed by atoms with E-state index in [0.717, 1.165) is 24.3 Å². The molecular weight excluding hydrogens is 238 g/mol. The van der Waals surface area contributed by atoms with Crippen LogP contribution in [0.15, 0.2) is 12.3 Å². The third-order valence-corrected chi connectivity index (χ3v) is 3.65. The van der Waals surface area contributed by atoms with Crippen LogP contribution in [0.25, 0.3) is 5.57 Å². The van der Waals surface area contributed by atoms with Crippen molar-refractivity contribution < 1.29 is 4.74 Å². The molecule has 0 aromatic carbocycles. The molecule has 19 heavy (non-hydrogen) atoms. The van der Waals surface area contributed by atoms with Gasteiger partial charge in [0.1, 0.15) is 5.69 Å². The number of methoxy groups -OCH3 is 1. The molecule has 1 aliphatic carbocycles. The molecule has 1 unspecified atom stereocenters. The largest absolute Gasteiger partial charge is 0.493 e. The normalized spacial score (nSPS) is 22.5. The molecule has 0 radical (unpaired) electrons. The van der Waals surface area contributed by atoms with Crippen molar-refractivity contribution in [3.63, 3.8) is 0 Å². The fourth-order valence-corrected chi connectivity index (χ4v) is 2.96. The summed E-state index contributed by atoms with van der Waals surface area (Å²) in [6, 6.07) is 0.417. The summed E-state index contributed by atoms with van der Waals surface area (Å²) in [4.78, 5) is 0. The fraction of sp³-hybridized carbons (Fsp3) is 0.667. The van der Waals surface area contributed by atoms with E-state index in [1.54, 1.807) is 13.3 Å². The molecule has 0 spiro atoms. The van der Waals surface area contributed by atoms with E-state index in [1.165, 1.54) is 5.57 Å². The van der Waals surface area contributed by atoms with E-state index in [9.17, 15) is 0 Å². The van der Waals surface area contributed by atoms with E-state index in [4.69, 9.17) is 10.5 Å². The van der Waals surface area contributed by atoms with Gasteiger partial charge in [0.05, 0.1) is 13.3 Å². The zero-order chi connectivity index (χ0) is 14.2. The Bertz CT molecular complexity index is 486. The number of allylic oxidation sites excluding steroid dienone is 1. The van der Waals surface area contributed by atoms with E-state index < -0.39 is 0 Å². The molecule has 0 aliphatic heterocycles. The zero-order valence-electron chi connectivity index (χ0n) is 12.6. The van der Waals surface area contributed by atoms with Crippen LogP contribution < -0.4 is 10.5 Å². The molecule has 4 heteroatoms. The Hall–Kier alpha value is -1.29. The summed E-state index contributed by atoms with van der Waals surface area (Å²) in [6.07, 6.45) is 6.00. The topological polar surface area (TPSA) is 53.1 Å². The summed E-state index contributed by atoms with van der Waals surface area (Å²) >= 11 is 0. The maximum atomic E-state index is 6.18. The van der Waals surface area contributed by atoms with Crippen molar-refractivity contribution in [2.75, 3.05) is 7.11 Å². The lowest BCUT2D eigenvalue weighted by Crippen LogP contribution is -2.31. The van der Waals surface area contributed by atoms with Crippen LogP contribution in [-0.4, -0.2) is 22.9 Å². The van der Waals surface area contributed by atoms with E-state index in [0.29, 0.717) is 6.04 Å². The summed E-state index contributed by atoms with van der Waals surface area (Å²) in [7, 11) is 1.69. The van der Waals surface area contributed by atoms with Crippen LogP contribution in [-0.2, 0) is 0 Å². The number of nitrogens with two attached hydrogens (primary N) is 1. The first-order valence-corrected chi connectivity index (χ1v) is 6.92. The van der Waals surface area contributed by atoms with Crippen LogP contribution >= 0.6 is 0 Å². The Labute approximate surface area is 115 Å². The number of nitrogens with zero attached hydrogens (tertiary/aromatic N) is 2. The summed E-state index contributed by atoms with van der Waals surface area (Å²) in [5.41, 5.74) is 8.74. The van der Waals surface area contributed by atoms with Gasteiger partial charge in [-0.2, -0.15) is 5.10 Å². The maximum Gasteiger partial charge on any atom is 0.164 e. The SMILES string of the molecule is COc1cnn(C(C)C)c1C1=CC(N)CC(C)(C)C1. The predicted molar refractivity (Wildman–Crippen MR) is 78.1 cm³/mol. The third-order valence-electron chi connectivity index (χ3n) is 3.65. The van der Waals surface area contributed by atoms with Gasteiger partial charge in [0, 0.05) is 12.1 Å². The summed E-state index contributed by atoms with van der Waals surface area (Å²) in [6.45, 7) is 8.79. The van der Waals surface area contributed by atoms with Crippen LogP contribution in [0.3, 0.4) is 0 Å². The quantitative estimate of drug-likeness (QED) is 0.912. The molecule has 0 amide bonds. The molecule has 0 fully saturated rings. The molecule has 1 heterocycles. The van der Waals surface area contributed by atoms with Gasteiger partial charge >= 0.3 is 0 Å². The van der Waals surface area contributed by atoms with E-state index in [1.807, 2.05) is 4.68 Å². The Morgan fingerprint density at radius 1 is 1.47 bits per heavy atom. The number of ether oxygens (including phenoxy) is 1. The Kier molecular flexibility index (Phi) is 3.72. The average Bonchev–Trinajstić information content (AvgIpc) is 2.69. The number of rotatable bonds is 3. The highest BCUT2D eigenvalue weighted by atomic mass is 16.5. The highest BCUT2D eigenvalue weighted by molar-refractivity contribution is 5.69. The molecule has 2 N–H and O–H groups in total. The number of hydrogen-bond donors (Lipinski definition) is 1. The van der Waals surface area contributed by atoms with Crippen molar-refractivity contribution in [1.29, 1.82) is 0 Å². The standard InChI is InChI=1S/C15H25N3O/c1-10(2)18-14(13(19-5)9-17-18)11-6-12(16)8-15(3,4)7-11/h6,9-10,12H,7-8,16H2,1-5H3. The van der Waals surface area contributed by atoms with Crippen molar-refractivity contribution in [2.45, 2.75) is 52.6 Å². The van der Waals surface area contributed by atoms with Gasteiger partial charge in [0.15, 0.2) is 5.75 Å². The number of hydrogen-bond acceptors (Lipinski definition) is 3. The lowest BCUT2D eigenvalue weighted by Gasteiger charge is -2.33. The molecule has 1 atom stereocenters. The van der Waals surface area contributed by atoms with Crippen LogP contribution in [0.2, 0.25) is 0 Å². The molecule has 0 saturated carbocycles. The molecule has 106 valence electrons. The summed E-state index contributed by atoms with van der Waals surface area (Å²) < 4.78 is 7.49. The molecule has 1 aliphatic rings. The minimum Gasteiger partial charge on any atom is -0.493 e. The molecule has 0 bridgehead atoms. The highest BCUT2D eigenvalue weighted by Gasteiger charge is 2.30. The summed E-state index contributed by atoms with van der Waals surface area (Å²) in [5.74, 6) is 0.838. The summed E-state index contributed by atoms with van der Waals surface area (Å²) in [5, 5.41) is 4.44. The Balaban J connectivity index is 2.48. The minimum atomic E-state index is 0.110. The molecule has 4 nitrogen and oxygen atoms in total. The van der Waals surface area contributed by atoms with Crippen molar-refractivity contribution in [3.05, 3.63) is 18.0 Å². The zero-order valence-corrected chi connectivity index (χ0v) is 12.6. The van der Waals surface area contributed by atoms with Crippen LogP contribution in [0, 0.1) is 5.41 Å². The van der Waals surface area contributed by atoms with Gasteiger partial charge in [-0.15, -0.1) is 0 Å². The average molecular weight is 263 g/mol. The van der Waals surface area contributed by atoms with Gasteiger partial charge in [0.25, 0.3) is 0 Å². The predicted octanol–water partition coefficient (Wildman–Crippen LogP) is 3.00. The second-order valence-corrected chi connectivity index (χ2v) is 6.50. The lowest BCUT2D eigenvalue weighted by atomic mass is 9.74. The number of aromatic nitrogens is 2. The first-order valence-electron chi connectivity index (χ1n) is 6.92. The second-order valence-electron chi connectivity index (χ2n) is 6.50. The fourth-order valence-electron chi connectivity index (χ4n) is 2.96. The van der Waals surface area contributed by atoms with E-state index in [-0.39, 0.29) is 11.5 Å². The van der Waals surface area contributed by atoms with Crippen molar-refractivity contribution >= 4 is 5.57 Å². The molecule has 1 aromatic rings. The van der Waals surface area contributed by atoms with E-state index in [2.05, 4.69) is 38.9 Å². The smallest absolute Gasteiger partial charge is 0.164 e. The second kappa shape index (κ2) is 5.00. The van der Waals surface area contributed by atoms with Crippen LogP contribution in [0.4, 0.5) is 0 Å². The van der Waals surface area contributed by atoms with Gasteiger partial charge in [-0.25, -0.2) is 0 Å². The minimum absolute atomic E-state index is 0.110. The first kappa shape index (κ1) is 14.1. The Morgan fingerprint density at radius 2 is 2.16 bits per heavy atom. The van der Waals surface area contributed by atoms with Crippen molar-refractivity contribution in [2.24, 2.45) is 11.1 Å². The molecule has 2 rings (SSSR count). The van der Waals surface area contributed by atoms with Crippen LogP contribution in [0.5, 0.6) is 5.75 Å². The highest BCUT2D eigenvalue weighted by Crippen LogP contribution is 2.42. The molecule has 0 saturated heterocycles. The monoisotopic (exact) mass is 263 g/mol. The van der Waals surface area contributed by atoms with Crippen molar-refractivity contribution in [1.82, 2.24) is 9.78 Å². The maximum absolute atomic E-state index is 6.18. The van der Waals surface area contributed by atoms with Gasteiger partial charge in [-0.3, -0.25) is 4.68 Å². The van der Waals surface area contributed by atoms with Gasteiger partial charge < -0.3 is 10.5 Å².